The van der Waals surface area contributed by atoms with E-state index in [-0.39, 0.29) is 0 Å². The SMILES string of the molecule is CCCN(C)CC1(CNC2CC2)CCOC1. The highest BCUT2D eigenvalue weighted by molar-refractivity contribution is 4.91. The van der Waals surface area contributed by atoms with Crippen LogP contribution in [0.1, 0.15) is 32.6 Å². The highest BCUT2D eigenvalue weighted by atomic mass is 16.5. The summed E-state index contributed by atoms with van der Waals surface area (Å²) in [7, 11) is 2.24. The van der Waals surface area contributed by atoms with Crippen molar-refractivity contribution < 1.29 is 4.74 Å². The molecule has 2 aliphatic rings. The molecular formula is C13H26N2O. The average Bonchev–Trinajstić information content (AvgIpc) is 2.98. The zero-order valence-corrected chi connectivity index (χ0v) is 10.8. The molecule has 0 bridgehead atoms. The first kappa shape index (κ1) is 12.3. The minimum atomic E-state index is 0.381. The average molecular weight is 226 g/mol. The minimum Gasteiger partial charge on any atom is -0.381 e. The lowest BCUT2D eigenvalue weighted by Crippen LogP contribution is -2.44. The number of hydrogen-bond acceptors (Lipinski definition) is 3. The van der Waals surface area contributed by atoms with Crippen LogP contribution < -0.4 is 5.32 Å². The second-order valence-corrected chi connectivity index (χ2v) is 5.70. The van der Waals surface area contributed by atoms with Crippen molar-refractivity contribution in [3.05, 3.63) is 0 Å². The largest absolute Gasteiger partial charge is 0.381 e. The molecule has 3 nitrogen and oxygen atoms in total. The van der Waals surface area contributed by atoms with Crippen LogP contribution >= 0.6 is 0 Å². The number of ether oxygens (including phenoxy) is 1. The van der Waals surface area contributed by atoms with E-state index in [1.807, 2.05) is 0 Å². The Hall–Kier alpha value is -0.120. The third-order valence-corrected chi connectivity index (χ3v) is 3.74. The predicted octanol–water partition coefficient (Wildman–Crippen LogP) is 1.49. The van der Waals surface area contributed by atoms with Crippen LogP contribution in [0.3, 0.4) is 0 Å². The second kappa shape index (κ2) is 5.48. The Morgan fingerprint density at radius 2 is 2.25 bits per heavy atom. The lowest BCUT2D eigenvalue weighted by molar-refractivity contribution is 0.118. The van der Waals surface area contributed by atoms with Crippen molar-refractivity contribution >= 4 is 0 Å². The molecule has 94 valence electrons. The van der Waals surface area contributed by atoms with Gasteiger partial charge in [0.1, 0.15) is 0 Å². The number of rotatable bonds is 7. The molecule has 0 aromatic carbocycles. The number of hydrogen-bond donors (Lipinski definition) is 1. The van der Waals surface area contributed by atoms with Crippen molar-refractivity contribution in [1.29, 1.82) is 0 Å². The highest BCUT2D eigenvalue weighted by Crippen LogP contribution is 2.30. The van der Waals surface area contributed by atoms with Gasteiger partial charge in [0.25, 0.3) is 0 Å². The van der Waals surface area contributed by atoms with Crippen molar-refractivity contribution in [2.75, 3.05) is 39.9 Å². The normalized spacial score (nSPS) is 30.2. The van der Waals surface area contributed by atoms with Crippen LogP contribution in [0.4, 0.5) is 0 Å². The summed E-state index contributed by atoms with van der Waals surface area (Å²) in [5.74, 6) is 0. The molecule has 1 heterocycles. The van der Waals surface area contributed by atoms with E-state index in [1.54, 1.807) is 0 Å². The van der Waals surface area contributed by atoms with Gasteiger partial charge in [-0.05, 0) is 39.3 Å². The lowest BCUT2D eigenvalue weighted by Gasteiger charge is -2.32. The van der Waals surface area contributed by atoms with Gasteiger partial charge < -0.3 is 15.0 Å². The summed E-state index contributed by atoms with van der Waals surface area (Å²) in [4.78, 5) is 2.46. The molecule has 16 heavy (non-hydrogen) atoms. The topological polar surface area (TPSA) is 24.5 Å². The first-order valence-electron chi connectivity index (χ1n) is 6.74. The van der Waals surface area contributed by atoms with Gasteiger partial charge in [0, 0.05) is 31.2 Å². The molecule has 3 heteroatoms. The van der Waals surface area contributed by atoms with Gasteiger partial charge in [0.2, 0.25) is 0 Å². The van der Waals surface area contributed by atoms with Crippen LogP contribution in [-0.4, -0.2) is 50.8 Å². The van der Waals surface area contributed by atoms with E-state index in [4.69, 9.17) is 4.74 Å². The van der Waals surface area contributed by atoms with Crippen LogP contribution in [0.2, 0.25) is 0 Å². The Bertz CT molecular complexity index is 210. The van der Waals surface area contributed by atoms with Crippen LogP contribution in [-0.2, 0) is 4.74 Å². The molecular weight excluding hydrogens is 200 g/mol. The summed E-state index contributed by atoms with van der Waals surface area (Å²) >= 11 is 0. The van der Waals surface area contributed by atoms with Crippen molar-refractivity contribution in [3.8, 4) is 0 Å². The van der Waals surface area contributed by atoms with Gasteiger partial charge in [-0.25, -0.2) is 0 Å². The smallest absolute Gasteiger partial charge is 0.0547 e. The van der Waals surface area contributed by atoms with Crippen molar-refractivity contribution in [1.82, 2.24) is 10.2 Å². The van der Waals surface area contributed by atoms with E-state index >= 15 is 0 Å². The molecule has 1 aliphatic heterocycles. The summed E-state index contributed by atoms with van der Waals surface area (Å²) in [6.07, 6.45) is 5.22. The molecule has 1 saturated heterocycles. The molecule has 2 fully saturated rings. The number of nitrogens with one attached hydrogen (secondary N) is 1. The van der Waals surface area contributed by atoms with Crippen LogP contribution in [0.5, 0.6) is 0 Å². The molecule has 1 unspecified atom stereocenters. The molecule has 0 amide bonds. The fourth-order valence-corrected chi connectivity index (χ4v) is 2.65. The first-order valence-corrected chi connectivity index (χ1v) is 6.74. The zero-order chi connectivity index (χ0) is 11.4. The summed E-state index contributed by atoms with van der Waals surface area (Å²) in [6, 6.07) is 0.814. The highest BCUT2D eigenvalue weighted by Gasteiger charge is 2.37. The second-order valence-electron chi connectivity index (χ2n) is 5.70. The van der Waals surface area contributed by atoms with E-state index in [2.05, 4.69) is 24.2 Å². The van der Waals surface area contributed by atoms with Crippen molar-refractivity contribution in [3.63, 3.8) is 0 Å². The molecule has 0 spiro atoms. The van der Waals surface area contributed by atoms with Crippen molar-refractivity contribution in [2.45, 2.75) is 38.6 Å². The molecule has 1 N–H and O–H groups in total. The maximum absolute atomic E-state index is 5.63. The predicted molar refractivity (Wildman–Crippen MR) is 66.7 cm³/mol. The van der Waals surface area contributed by atoms with E-state index in [0.29, 0.717) is 5.41 Å². The van der Waals surface area contributed by atoms with Gasteiger partial charge in [-0.15, -0.1) is 0 Å². The Morgan fingerprint density at radius 1 is 1.44 bits per heavy atom. The van der Waals surface area contributed by atoms with Gasteiger partial charge in [0.05, 0.1) is 6.61 Å². The number of nitrogens with zero attached hydrogens (tertiary/aromatic N) is 1. The maximum Gasteiger partial charge on any atom is 0.0547 e. The molecule has 1 atom stereocenters. The van der Waals surface area contributed by atoms with Crippen LogP contribution in [0, 0.1) is 5.41 Å². The maximum atomic E-state index is 5.63. The molecule has 1 saturated carbocycles. The summed E-state index contributed by atoms with van der Waals surface area (Å²) in [5, 5.41) is 3.68. The quantitative estimate of drug-likeness (QED) is 0.712. The van der Waals surface area contributed by atoms with Gasteiger partial charge >= 0.3 is 0 Å². The van der Waals surface area contributed by atoms with Gasteiger partial charge in [-0.1, -0.05) is 6.92 Å². The standard InChI is InChI=1S/C13H26N2O/c1-3-7-15(2)10-13(6-8-16-11-13)9-14-12-4-5-12/h12,14H,3-11H2,1-2H3. The molecule has 2 rings (SSSR count). The minimum absolute atomic E-state index is 0.381. The van der Waals surface area contributed by atoms with Crippen LogP contribution in [0.15, 0.2) is 0 Å². The van der Waals surface area contributed by atoms with Gasteiger partial charge in [-0.3, -0.25) is 0 Å². The zero-order valence-electron chi connectivity index (χ0n) is 10.8. The van der Waals surface area contributed by atoms with E-state index in [1.165, 1.54) is 38.8 Å². The Labute approximate surface area is 99.5 Å². The molecule has 1 aliphatic carbocycles. The molecule has 0 radical (unpaired) electrons. The Balaban J connectivity index is 1.81. The third kappa shape index (κ3) is 3.44. The monoisotopic (exact) mass is 226 g/mol. The fourth-order valence-electron chi connectivity index (χ4n) is 2.65. The van der Waals surface area contributed by atoms with E-state index < -0.39 is 0 Å². The third-order valence-electron chi connectivity index (χ3n) is 3.74. The summed E-state index contributed by atoms with van der Waals surface area (Å²) in [5.41, 5.74) is 0.381. The lowest BCUT2D eigenvalue weighted by atomic mass is 9.86. The van der Waals surface area contributed by atoms with E-state index in [9.17, 15) is 0 Å². The molecule has 0 aromatic rings. The van der Waals surface area contributed by atoms with Gasteiger partial charge in [-0.2, -0.15) is 0 Å². The van der Waals surface area contributed by atoms with Gasteiger partial charge in [0.15, 0.2) is 0 Å². The first-order chi connectivity index (χ1) is 7.74. The fraction of sp³-hybridized carbons (Fsp3) is 1.00. The Kier molecular flexibility index (Phi) is 4.22. The van der Waals surface area contributed by atoms with E-state index in [0.717, 1.165) is 25.8 Å². The molecule has 0 aromatic heterocycles. The summed E-state index contributed by atoms with van der Waals surface area (Å²) < 4.78 is 5.63. The van der Waals surface area contributed by atoms with Crippen molar-refractivity contribution in [2.24, 2.45) is 5.41 Å². The summed E-state index contributed by atoms with van der Waals surface area (Å²) in [6.45, 7) is 7.67. The van der Waals surface area contributed by atoms with Crippen LogP contribution in [0.25, 0.3) is 0 Å². The Morgan fingerprint density at radius 3 is 2.81 bits per heavy atom.